The number of hydrogen-bond acceptors (Lipinski definition) is 4. The Morgan fingerprint density at radius 1 is 1.19 bits per heavy atom. The van der Waals surface area contributed by atoms with E-state index in [4.69, 9.17) is 5.14 Å². The molecule has 1 rings (SSSR count). The van der Waals surface area contributed by atoms with Crippen molar-refractivity contribution < 1.29 is 13.2 Å². The van der Waals surface area contributed by atoms with Gasteiger partial charge in [-0.25, -0.2) is 13.6 Å². The highest BCUT2D eigenvalue weighted by Crippen LogP contribution is 2.08. The number of amides is 1. The van der Waals surface area contributed by atoms with Crippen molar-refractivity contribution in [1.29, 1.82) is 0 Å². The highest BCUT2D eigenvalue weighted by atomic mass is 32.2. The number of nitrogens with two attached hydrogens (primary N) is 1. The lowest BCUT2D eigenvalue weighted by Gasteiger charge is -2.08. The summed E-state index contributed by atoms with van der Waals surface area (Å²) >= 11 is 0. The number of nitrogens with one attached hydrogen (secondary N) is 2. The van der Waals surface area contributed by atoms with Crippen molar-refractivity contribution in [2.75, 3.05) is 13.1 Å². The second-order valence-electron chi connectivity index (χ2n) is 5.15. The zero-order valence-electron chi connectivity index (χ0n) is 12.4. The van der Waals surface area contributed by atoms with Crippen LogP contribution in [0.25, 0.3) is 0 Å². The Balaban J connectivity index is 2.31. The Morgan fingerprint density at radius 2 is 1.81 bits per heavy atom. The standard InChI is InChI=1S/C14H23N3O3S/c1-11(2)16-10-8-14(18)17-9-7-12-3-5-13(6-4-12)21(15,19)20/h3-6,11,16H,7-10H2,1-2H3,(H,17,18)(H2,15,19,20). The van der Waals surface area contributed by atoms with E-state index in [-0.39, 0.29) is 10.8 Å². The van der Waals surface area contributed by atoms with Gasteiger partial charge in [-0.3, -0.25) is 4.79 Å². The molecule has 0 aliphatic heterocycles. The van der Waals surface area contributed by atoms with Gasteiger partial charge in [0.05, 0.1) is 4.90 Å². The quantitative estimate of drug-likeness (QED) is 0.646. The van der Waals surface area contributed by atoms with Crippen molar-refractivity contribution in [2.24, 2.45) is 5.14 Å². The predicted octanol–water partition coefficient (Wildman–Crippen LogP) is 0.381. The zero-order chi connectivity index (χ0) is 15.9. The smallest absolute Gasteiger partial charge is 0.238 e. The van der Waals surface area contributed by atoms with Crippen LogP contribution in [0.15, 0.2) is 29.2 Å². The van der Waals surface area contributed by atoms with Gasteiger partial charge < -0.3 is 10.6 Å². The number of rotatable bonds is 8. The molecular weight excluding hydrogens is 290 g/mol. The first kappa shape index (κ1) is 17.6. The van der Waals surface area contributed by atoms with Crippen molar-refractivity contribution in [3.05, 3.63) is 29.8 Å². The Kier molecular flexibility index (Phi) is 6.80. The first-order valence-electron chi connectivity index (χ1n) is 6.91. The number of benzene rings is 1. The lowest BCUT2D eigenvalue weighted by Crippen LogP contribution is -2.31. The molecule has 1 aromatic rings. The second kappa shape index (κ2) is 8.11. The molecule has 0 atom stereocenters. The van der Waals surface area contributed by atoms with Gasteiger partial charge in [-0.15, -0.1) is 0 Å². The Labute approximate surface area is 126 Å². The third kappa shape index (κ3) is 7.22. The van der Waals surface area contributed by atoms with Crippen LogP contribution in [0.4, 0.5) is 0 Å². The summed E-state index contributed by atoms with van der Waals surface area (Å²) in [5.41, 5.74) is 0.947. The van der Waals surface area contributed by atoms with E-state index in [2.05, 4.69) is 10.6 Å². The molecule has 7 heteroatoms. The Morgan fingerprint density at radius 3 is 2.33 bits per heavy atom. The first-order chi connectivity index (χ1) is 9.79. The van der Waals surface area contributed by atoms with Crippen molar-refractivity contribution in [3.63, 3.8) is 0 Å². The molecule has 0 bridgehead atoms. The molecular formula is C14H23N3O3S. The molecule has 0 aliphatic rings. The number of carbonyl (C=O) groups excluding carboxylic acids is 1. The average molecular weight is 313 g/mol. The van der Waals surface area contributed by atoms with Crippen LogP contribution in [0.3, 0.4) is 0 Å². The molecule has 0 saturated heterocycles. The number of sulfonamides is 1. The summed E-state index contributed by atoms with van der Waals surface area (Å²) in [7, 11) is -3.65. The number of hydrogen-bond donors (Lipinski definition) is 3. The summed E-state index contributed by atoms with van der Waals surface area (Å²) in [6, 6.07) is 6.71. The minimum atomic E-state index is -3.65. The summed E-state index contributed by atoms with van der Waals surface area (Å²) in [6.07, 6.45) is 1.09. The molecule has 0 radical (unpaired) electrons. The van der Waals surface area contributed by atoms with E-state index in [1.165, 1.54) is 12.1 Å². The van der Waals surface area contributed by atoms with Gasteiger partial charge in [-0.2, -0.15) is 0 Å². The fraction of sp³-hybridized carbons (Fsp3) is 0.500. The van der Waals surface area contributed by atoms with E-state index in [1.54, 1.807) is 12.1 Å². The van der Waals surface area contributed by atoms with Gasteiger partial charge in [0.2, 0.25) is 15.9 Å². The SMILES string of the molecule is CC(C)NCCC(=O)NCCc1ccc(S(N)(=O)=O)cc1. The molecule has 0 heterocycles. The fourth-order valence-corrected chi connectivity index (χ4v) is 2.27. The van der Waals surface area contributed by atoms with E-state index in [0.29, 0.717) is 32.0 Å². The normalized spacial score (nSPS) is 11.6. The van der Waals surface area contributed by atoms with E-state index in [1.807, 2.05) is 13.8 Å². The van der Waals surface area contributed by atoms with Crippen LogP contribution in [0, 0.1) is 0 Å². The maximum atomic E-state index is 11.6. The van der Waals surface area contributed by atoms with Gasteiger partial charge in [-0.1, -0.05) is 26.0 Å². The van der Waals surface area contributed by atoms with Crippen molar-refractivity contribution >= 4 is 15.9 Å². The first-order valence-corrected chi connectivity index (χ1v) is 8.45. The second-order valence-corrected chi connectivity index (χ2v) is 6.71. The Hall–Kier alpha value is -1.44. The monoisotopic (exact) mass is 313 g/mol. The zero-order valence-corrected chi connectivity index (χ0v) is 13.2. The van der Waals surface area contributed by atoms with Crippen LogP contribution in [0.5, 0.6) is 0 Å². The molecule has 0 unspecified atom stereocenters. The molecule has 6 nitrogen and oxygen atoms in total. The summed E-state index contributed by atoms with van der Waals surface area (Å²) in [5, 5.41) is 11.0. The topological polar surface area (TPSA) is 101 Å². The third-order valence-electron chi connectivity index (χ3n) is 2.89. The summed E-state index contributed by atoms with van der Waals surface area (Å²) in [4.78, 5) is 11.6. The van der Waals surface area contributed by atoms with E-state index < -0.39 is 10.0 Å². The number of primary sulfonamides is 1. The molecule has 21 heavy (non-hydrogen) atoms. The molecule has 0 aliphatic carbocycles. The van der Waals surface area contributed by atoms with E-state index in [9.17, 15) is 13.2 Å². The average Bonchev–Trinajstić information content (AvgIpc) is 2.38. The molecule has 0 aromatic heterocycles. The van der Waals surface area contributed by atoms with Crippen LogP contribution >= 0.6 is 0 Å². The van der Waals surface area contributed by atoms with Crippen molar-refractivity contribution in [1.82, 2.24) is 10.6 Å². The van der Waals surface area contributed by atoms with Gasteiger partial charge in [-0.05, 0) is 24.1 Å². The summed E-state index contributed by atoms with van der Waals surface area (Å²) in [5.74, 6) is 0.00399. The van der Waals surface area contributed by atoms with E-state index >= 15 is 0 Å². The maximum absolute atomic E-state index is 11.6. The van der Waals surface area contributed by atoms with Crippen LogP contribution in [0.2, 0.25) is 0 Å². The minimum Gasteiger partial charge on any atom is -0.356 e. The third-order valence-corrected chi connectivity index (χ3v) is 3.82. The summed E-state index contributed by atoms with van der Waals surface area (Å²) in [6.45, 7) is 5.24. The van der Waals surface area contributed by atoms with Crippen LogP contribution in [0.1, 0.15) is 25.8 Å². The lowest BCUT2D eigenvalue weighted by molar-refractivity contribution is -0.120. The highest BCUT2D eigenvalue weighted by Gasteiger charge is 2.07. The lowest BCUT2D eigenvalue weighted by atomic mass is 10.1. The van der Waals surface area contributed by atoms with Crippen LogP contribution in [-0.2, 0) is 21.2 Å². The van der Waals surface area contributed by atoms with Gasteiger partial charge in [0, 0.05) is 25.6 Å². The van der Waals surface area contributed by atoms with Gasteiger partial charge in [0.25, 0.3) is 0 Å². The van der Waals surface area contributed by atoms with Gasteiger partial charge in [0.15, 0.2) is 0 Å². The van der Waals surface area contributed by atoms with Crippen LogP contribution < -0.4 is 15.8 Å². The predicted molar refractivity (Wildman–Crippen MR) is 82.3 cm³/mol. The molecule has 118 valence electrons. The molecule has 4 N–H and O–H groups in total. The number of carbonyl (C=O) groups is 1. The summed E-state index contributed by atoms with van der Waals surface area (Å²) < 4.78 is 22.2. The van der Waals surface area contributed by atoms with E-state index in [0.717, 1.165) is 5.56 Å². The fourth-order valence-electron chi connectivity index (χ4n) is 1.75. The largest absolute Gasteiger partial charge is 0.356 e. The van der Waals surface area contributed by atoms with Gasteiger partial charge >= 0.3 is 0 Å². The molecule has 0 saturated carbocycles. The molecule has 1 amide bonds. The maximum Gasteiger partial charge on any atom is 0.238 e. The molecule has 0 fully saturated rings. The van der Waals surface area contributed by atoms with Crippen molar-refractivity contribution in [2.45, 2.75) is 37.6 Å². The molecule has 1 aromatic carbocycles. The minimum absolute atomic E-state index is 0.00399. The van der Waals surface area contributed by atoms with Crippen LogP contribution in [-0.4, -0.2) is 33.5 Å². The van der Waals surface area contributed by atoms with Crippen molar-refractivity contribution in [3.8, 4) is 0 Å². The van der Waals surface area contributed by atoms with Gasteiger partial charge in [0.1, 0.15) is 0 Å². The molecule has 0 spiro atoms. The Bertz CT molecular complexity index is 553. The highest BCUT2D eigenvalue weighted by molar-refractivity contribution is 7.89.